The first kappa shape index (κ1) is 39.8. The summed E-state index contributed by atoms with van der Waals surface area (Å²) in [5, 5.41) is 4.80. The summed E-state index contributed by atoms with van der Waals surface area (Å²) in [6, 6.07) is 6.15. The van der Waals surface area contributed by atoms with Crippen LogP contribution in [0.1, 0.15) is 72.7 Å². The van der Waals surface area contributed by atoms with Crippen LogP contribution in [0.4, 0.5) is 0 Å². The minimum Gasteiger partial charge on any atom is -0.493 e. The smallest absolute Gasteiger partial charge is 0.336 e. The maximum Gasteiger partial charge on any atom is 0.336 e. The highest BCUT2D eigenvalue weighted by Crippen LogP contribution is 2.44. The fourth-order valence-electron chi connectivity index (χ4n) is 5.56. The Hall–Kier alpha value is -4.97. The second kappa shape index (κ2) is 17.0. The van der Waals surface area contributed by atoms with Gasteiger partial charge in [-0.3, -0.25) is 33.7 Å². The van der Waals surface area contributed by atoms with Gasteiger partial charge in [-0.1, -0.05) is 25.6 Å². The Balaban J connectivity index is 1.80. The molecule has 0 bridgehead atoms. The first-order valence-corrected chi connectivity index (χ1v) is 17.2. The second-order valence-corrected chi connectivity index (χ2v) is 13.5. The highest BCUT2D eigenvalue weighted by molar-refractivity contribution is 8.14. The third kappa shape index (κ3) is 9.67. The molecule has 2 aromatic rings. The molecule has 0 spiro atoms. The quantitative estimate of drug-likeness (QED) is 0.184. The van der Waals surface area contributed by atoms with E-state index in [1.807, 2.05) is 0 Å². The van der Waals surface area contributed by atoms with Crippen LogP contribution in [0.25, 0.3) is 11.0 Å². The molecule has 1 aromatic carbocycles. The molecular formula is C34H41N3O14S. The van der Waals surface area contributed by atoms with Crippen LogP contribution in [0.3, 0.4) is 0 Å². The average molecular weight is 748 g/mol. The molecule has 6 atom stereocenters. The van der Waals surface area contributed by atoms with Gasteiger partial charge in [-0.2, -0.15) is 0 Å². The maximum atomic E-state index is 13.5. The number of ether oxygens (including phenoxy) is 6. The summed E-state index contributed by atoms with van der Waals surface area (Å²) in [6.45, 7) is 10.8. The van der Waals surface area contributed by atoms with Crippen molar-refractivity contribution in [2.75, 3.05) is 13.2 Å². The number of fused-ring (bicyclic) bond motifs is 1. The number of nitrogens with zero attached hydrogens (tertiary/aromatic N) is 3. The monoisotopic (exact) mass is 747 g/mol. The molecule has 18 heteroatoms. The Bertz CT molecular complexity index is 1810. The Labute approximate surface area is 302 Å². The number of hydrazone groups is 1. The molecule has 2 aliphatic heterocycles. The number of thioether (sulfide) groups is 1. The van der Waals surface area contributed by atoms with Crippen LogP contribution in [0, 0.1) is 5.92 Å². The van der Waals surface area contributed by atoms with E-state index in [2.05, 4.69) is 18.9 Å². The molecule has 0 saturated carbocycles. The van der Waals surface area contributed by atoms with Crippen molar-refractivity contribution in [1.82, 2.24) is 9.91 Å². The Morgan fingerprint density at radius 1 is 0.885 bits per heavy atom. The fourth-order valence-corrected chi connectivity index (χ4v) is 6.86. The van der Waals surface area contributed by atoms with Crippen LogP contribution in [0.2, 0.25) is 0 Å². The number of hydrogen-bond acceptors (Lipinski definition) is 16. The summed E-state index contributed by atoms with van der Waals surface area (Å²) < 4.78 is 39.2. The fraction of sp³-hybridized carbons (Fsp3) is 0.529. The summed E-state index contributed by atoms with van der Waals surface area (Å²) in [4.78, 5) is 89.1. The van der Waals surface area contributed by atoms with Gasteiger partial charge in [0, 0.05) is 64.6 Å². The highest BCUT2D eigenvalue weighted by atomic mass is 32.2. The number of hydrogen-bond donors (Lipinski definition) is 0. The normalized spacial score (nSPS) is 22.7. The molecule has 1 unspecified atom stereocenters. The molecule has 1 saturated heterocycles. The molecule has 282 valence electrons. The predicted octanol–water partition coefficient (Wildman–Crippen LogP) is 3.01. The van der Waals surface area contributed by atoms with Gasteiger partial charge in [-0.25, -0.2) is 9.80 Å². The third-order valence-electron chi connectivity index (χ3n) is 7.70. The van der Waals surface area contributed by atoms with Crippen LogP contribution in [0.5, 0.6) is 5.75 Å². The van der Waals surface area contributed by atoms with Crippen LogP contribution in [0.15, 0.2) is 38.6 Å². The summed E-state index contributed by atoms with van der Waals surface area (Å²) >= 11 is 0.891. The third-order valence-corrected chi connectivity index (χ3v) is 8.87. The van der Waals surface area contributed by atoms with Gasteiger partial charge in [-0.05, 0) is 24.5 Å². The standard InChI is InChI=1S/C34H41N3O14S/c1-16(2)11-12-45-23-9-10-24-25(14-28(44)50-26(24)13-23)33-37(18(4)39)35-34(52-33)36(17(3)38)32-31(49-22(8)43)30(48-21(7)42)29(47-20(6)41)27(51-32)15-46-19(5)40/h9-10,13-14,16,27,29-33H,11-12,15H2,1-8H3/t27-,29-,30+,31-,32-,33?/m1/s1. The number of carbonyl (C=O) groups excluding carboxylic acids is 6. The Kier molecular flexibility index (Phi) is 13.0. The first-order valence-electron chi connectivity index (χ1n) is 16.3. The van der Waals surface area contributed by atoms with Crippen LogP contribution in [-0.2, 0) is 52.5 Å². The van der Waals surface area contributed by atoms with Gasteiger partial charge in [0.25, 0.3) is 0 Å². The number of benzene rings is 1. The van der Waals surface area contributed by atoms with E-state index < -0.39 is 83.9 Å². The molecule has 4 rings (SSSR count). The molecule has 17 nitrogen and oxygen atoms in total. The average Bonchev–Trinajstić information content (AvgIpc) is 3.46. The summed E-state index contributed by atoms with van der Waals surface area (Å²) in [5.74, 6) is -3.69. The van der Waals surface area contributed by atoms with Crippen LogP contribution in [-0.4, -0.2) is 94.6 Å². The summed E-state index contributed by atoms with van der Waals surface area (Å²) in [5.41, 5.74) is -0.212. The molecular weight excluding hydrogens is 706 g/mol. The number of esters is 4. The topological polar surface area (TPSA) is 207 Å². The van der Waals surface area contributed by atoms with E-state index in [1.165, 1.54) is 13.0 Å². The van der Waals surface area contributed by atoms with Gasteiger partial charge < -0.3 is 32.8 Å². The van der Waals surface area contributed by atoms with Crippen molar-refractivity contribution in [3.63, 3.8) is 0 Å². The van der Waals surface area contributed by atoms with Gasteiger partial charge in [0.15, 0.2) is 29.7 Å². The summed E-state index contributed by atoms with van der Waals surface area (Å²) in [6.07, 6.45) is -6.86. The number of amides is 2. The number of carbonyl (C=O) groups is 6. The van der Waals surface area contributed by atoms with Gasteiger partial charge in [-0.15, -0.1) is 5.10 Å². The van der Waals surface area contributed by atoms with E-state index in [-0.39, 0.29) is 10.8 Å². The predicted molar refractivity (Wildman–Crippen MR) is 182 cm³/mol. The molecule has 3 heterocycles. The first-order chi connectivity index (χ1) is 24.5. The molecule has 0 N–H and O–H groups in total. The van der Waals surface area contributed by atoms with Crippen LogP contribution >= 0.6 is 11.8 Å². The lowest BCUT2D eigenvalue weighted by atomic mass is 9.96. The highest BCUT2D eigenvalue weighted by Gasteiger charge is 2.56. The van der Waals surface area contributed by atoms with Crippen molar-refractivity contribution < 1.29 is 61.6 Å². The maximum absolute atomic E-state index is 13.5. The van der Waals surface area contributed by atoms with E-state index in [4.69, 9.17) is 32.8 Å². The summed E-state index contributed by atoms with van der Waals surface area (Å²) in [7, 11) is 0. The molecule has 52 heavy (non-hydrogen) atoms. The van der Waals surface area contributed by atoms with Crippen molar-refractivity contribution in [3.8, 4) is 5.75 Å². The lowest BCUT2D eigenvalue weighted by molar-refractivity contribution is -0.269. The lowest BCUT2D eigenvalue weighted by Gasteiger charge is -2.47. The van der Waals surface area contributed by atoms with Crippen molar-refractivity contribution in [3.05, 3.63) is 40.2 Å². The van der Waals surface area contributed by atoms with Gasteiger partial charge in [0.1, 0.15) is 29.4 Å². The Morgan fingerprint density at radius 3 is 2.10 bits per heavy atom. The zero-order valence-corrected chi connectivity index (χ0v) is 30.8. The number of rotatable bonds is 11. The molecule has 0 radical (unpaired) electrons. The Morgan fingerprint density at radius 2 is 1.52 bits per heavy atom. The van der Waals surface area contributed by atoms with Crippen molar-refractivity contribution in [2.45, 2.75) is 97.8 Å². The molecule has 0 aliphatic carbocycles. The molecule has 2 aliphatic rings. The minimum absolute atomic E-state index is 0.136. The van der Waals surface area contributed by atoms with Gasteiger partial charge in [0.2, 0.25) is 11.8 Å². The van der Waals surface area contributed by atoms with Crippen molar-refractivity contribution in [2.24, 2.45) is 11.0 Å². The molecule has 2 amide bonds. The van der Waals surface area contributed by atoms with E-state index >= 15 is 0 Å². The molecule has 1 fully saturated rings. The van der Waals surface area contributed by atoms with Crippen molar-refractivity contribution in [1.29, 1.82) is 0 Å². The minimum atomic E-state index is -1.64. The van der Waals surface area contributed by atoms with Crippen molar-refractivity contribution >= 4 is 63.6 Å². The lowest BCUT2D eigenvalue weighted by Crippen LogP contribution is -2.67. The zero-order valence-electron chi connectivity index (χ0n) is 29.9. The SMILES string of the molecule is CC(=O)OC[C@H]1O[C@@H](N(C(C)=O)C2=NN(C(C)=O)C(c3cc(=O)oc4cc(OCCC(C)C)ccc34)S2)[C@H](OC(C)=O)[C@@H](OC(C)=O)[C@@H]1OC(C)=O. The second-order valence-electron chi connectivity index (χ2n) is 12.4. The number of amidine groups is 1. The van der Waals surface area contributed by atoms with Gasteiger partial charge >= 0.3 is 29.5 Å². The van der Waals surface area contributed by atoms with E-state index in [9.17, 15) is 33.6 Å². The van der Waals surface area contributed by atoms with E-state index in [0.717, 1.165) is 62.7 Å². The molecule has 1 aromatic heterocycles. The zero-order chi connectivity index (χ0) is 38.4. The van der Waals surface area contributed by atoms with E-state index in [1.54, 1.807) is 18.2 Å². The van der Waals surface area contributed by atoms with Gasteiger partial charge in [0.05, 0.1) is 6.61 Å². The van der Waals surface area contributed by atoms with E-state index in [0.29, 0.717) is 29.2 Å². The largest absolute Gasteiger partial charge is 0.493 e. The van der Waals surface area contributed by atoms with Crippen LogP contribution < -0.4 is 10.4 Å².